The van der Waals surface area contributed by atoms with Crippen molar-refractivity contribution < 1.29 is 14.0 Å². The molecule has 186 valence electrons. The van der Waals surface area contributed by atoms with Crippen LogP contribution in [0, 0.1) is 5.92 Å². The number of likely N-dealkylation sites (tertiary alicyclic amines) is 1. The van der Waals surface area contributed by atoms with Gasteiger partial charge in [-0.2, -0.15) is 0 Å². The first-order valence-electron chi connectivity index (χ1n) is 12.4. The number of hydrogen-bond acceptors (Lipinski definition) is 4. The minimum Gasteiger partial charge on any atom is -0.459 e. The topological polar surface area (TPSA) is 81.6 Å². The fraction of sp³-hybridized carbons (Fsp3) is 0.310. The molecule has 0 aliphatic carbocycles. The van der Waals surface area contributed by atoms with Gasteiger partial charge in [-0.3, -0.25) is 9.59 Å². The number of hydrogen-bond donors (Lipinski definition) is 2. The number of aromatic amines is 1. The zero-order valence-corrected chi connectivity index (χ0v) is 20.7. The third-order valence-electron chi connectivity index (χ3n) is 7.17. The number of anilines is 1. The van der Waals surface area contributed by atoms with Gasteiger partial charge in [0.05, 0.1) is 6.26 Å². The number of H-pyrrole nitrogens is 1. The average molecular weight is 485 g/mol. The highest BCUT2D eigenvalue weighted by Gasteiger charge is 2.29. The van der Waals surface area contributed by atoms with E-state index < -0.39 is 0 Å². The third kappa shape index (κ3) is 4.87. The number of aromatic nitrogens is 1. The highest BCUT2D eigenvalue weighted by atomic mass is 16.3. The van der Waals surface area contributed by atoms with Crippen molar-refractivity contribution in [2.45, 2.75) is 18.8 Å². The first-order chi connectivity index (χ1) is 17.5. The predicted octanol–water partition coefficient (Wildman–Crippen LogP) is 4.63. The second kappa shape index (κ2) is 10.3. The van der Waals surface area contributed by atoms with Gasteiger partial charge in [-0.25, -0.2) is 0 Å². The number of furan rings is 1. The van der Waals surface area contributed by atoms with Crippen LogP contribution in [0.4, 0.5) is 5.69 Å². The fourth-order valence-electron chi connectivity index (χ4n) is 5.04. The lowest BCUT2D eigenvalue weighted by Gasteiger charge is -2.31. The average Bonchev–Trinajstić information content (AvgIpc) is 3.60. The van der Waals surface area contributed by atoms with Crippen molar-refractivity contribution in [3.63, 3.8) is 0 Å². The van der Waals surface area contributed by atoms with E-state index in [0.29, 0.717) is 38.2 Å². The number of piperidine rings is 1. The summed E-state index contributed by atoms with van der Waals surface area (Å²) in [5.41, 5.74) is 4.55. The van der Waals surface area contributed by atoms with Gasteiger partial charge in [-0.15, -0.1) is 0 Å². The van der Waals surface area contributed by atoms with Gasteiger partial charge in [0.2, 0.25) is 5.91 Å². The van der Waals surface area contributed by atoms with Crippen molar-refractivity contribution in [1.82, 2.24) is 15.2 Å². The van der Waals surface area contributed by atoms with Crippen molar-refractivity contribution >= 4 is 28.4 Å². The number of benzene rings is 2. The van der Waals surface area contributed by atoms with Crippen LogP contribution in [0.1, 0.15) is 40.4 Å². The molecule has 2 amide bonds. The number of rotatable bonds is 7. The van der Waals surface area contributed by atoms with Crippen molar-refractivity contribution in [3.05, 3.63) is 90.0 Å². The molecule has 1 saturated heterocycles. The zero-order valence-electron chi connectivity index (χ0n) is 20.7. The maximum Gasteiger partial charge on any atom is 0.289 e. The Morgan fingerprint density at radius 1 is 1.06 bits per heavy atom. The maximum atomic E-state index is 13.2. The molecule has 1 aliphatic rings. The summed E-state index contributed by atoms with van der Waals surface area (Å²) in [6.07, 6.45) is 4.85. The Morgan fingerprint density at radius 2 is 1.81 bits per heavy atom. The number of amides is 2. The van der Waals surface area contributed by atoms with Crippen LogP contribution >= 0.6 is 0 Å². The van der Waals surface area contributed by atoms with Crippen LogP contribution < -0.4 is 10.2 Å². The second-order valence-corrected chi connectivity index (χ2v) is 9.62. The molecular weight excluding hydrogens is 452 g/mol. The highest BCUT2D eigenvalue weighted by molar-refractivity contribution is 5.91. The van der Waals surface area contributed by atoms with Crippen LogP contribution in [0.25, 0.3) is 10.9 Å². The molecule has 7 nitrogen and oxygen atoms in total. The van der Waals surface area contributed by atoms with Gasteiger partial charge in [0.1, 0.15) is 0 Å². The molecule has 2 aromatic heterocycles. The van der Waals surface area contributed by atoms with Gasteiger partial charge in [0, 0.05) is 68.4 Å². The first kappa shape index (κ1) is 23.7. The molecule has 0 saturated carbocycles. The second-order valence-electron chi connectivity index (χ2n) is 9.62. The minimum atomic E-state index is -0.112. The molecule has 3 heterocycles. The molecule has 1 aliphatic heterocycles. The number of nitrogens with zero attached hydrogens (tertiary/aromatic N) is 2. The summed E-state index contributed by atoms with van der Waals surface area (Å²) in [5, 5.41) is 4.39. The van der Waals surface area contributed by atoms with E-state index in [1.807, 2.05) is 26.2 Å². The van der Waals surface area contributed by atoms with E-state index in [1.54, 1.807) is 17.0 Å². The Kier molecular flexibility index (Phi) is 6.80. The van der Waals surface area contributed by atoms with Crippen molar-refractivity contribution in [1.29, 1.82) is 0 Å². The molecule has 36 heavy (non-hydrogen) atoms. The SMILES string of the molecule is CN(C)c1ccc(C(CNC(=O)C2CCN(C(=O)c3ccco3)CC2)c2c[nH]c3ccccc23)cc1. The molecule has 5 rings (SSSR count). The lowest BCUT2D eigenvalue weighted by Crippen LogP contribution is -2.43. The van der Waals surface area contributed by atoms with E-state index in [0.717, 1.165) is 22.2 Å². The lowest BCUT2D eigenvalue weighted by molar-refractivity contribution is -0.126. The summed E-state index contributed by atoms with van der Waals surface area (Å²) in [7, 11) is 4.06. The Morgan fingerprint density at radius 3 is 2.50 bits per heavy atom. The Hall–Kier alpha value is -4.00. The van der Waals surface area contributed by atoms with E-state index in [4.69, 9.17) is 4.42 Å². The van der Waals surface area contributed by atoms with E-state index >= 15 is 0 Å². The number of nitrogens with one attached hydrogen (secondary N) is 2. The Balaban J connectivity index is 1.28. The molecule has 4 aromatic rings. The third-order valence-corrected chi connectivity index (χ3v) is 7.17. The van der Waals surface area contributed by atoms with Gasteiger partial charge in [0.15, 0.2) is 5.76 Å². The highest BCUT2D eigenvalue weighted by Crippen LogP contribution is 2.32. The van der Waals surface area contributed by atoms with Gasteiger partial charge in [0.25, 0.3) is 5.91 Å². The lowest BCUT2D eigenvalue weighted by atomic mass is 9.90. The van der Waals surface area contributed by atoms with Crippen LogP contribution in [-0.2, 0) is 4.79 Å². The van der Waals surface area contributed by atoms with E-state index in [9.17, 15) is 9.59 Å². The van der Waals surface area contributed by atoms with Gasteiger partial charge in [-0.05, 0) is 54.3 Å². The van der Waals surface area contributed by atoms with Gasteiger partial charge in [-0.1, -0.05) is 30.3 Å². The molecule has 7 heteroatoms. The Labute approximate surface area is 211 Å². The summed E-state index contributed by atoms with van der Waals surface area (Å²) in [5.74, 6) is 0.196. The quantitative estimate of drug-likeness (QED) is 0.401. The van der Waals surface area contributed by atoms with E-state index in [2.05, 4.69) is 57.8 Å². The Bertz CT molecular complexity index is 1320. The van der Waals surface area contributed by atoms with Crippen LogP contribution in [-0.4, -0.2) is 55.4 Å². The molecule has 0 radical (unpaired) electrons. The summed E-state index contributed by atoms with van der Waals surface area (Å²) in [4.78, 5) is 32.9. The zero-order chi connectivity index (χ0) is 25.1. The van der Waals surface area contributed by atoms with Crippen LogP contribution in [0.15, 0.2) is 77.5 Å². The fourth-order valence-corrected chi connectivity index (χ4v) is 5.04. The summed E-state index contributed by atoms with van der Waals surface area (Å²) >= 11 is 0. The standard InChI is InChI=1S/C29H32N4O3/c1-32(2)22-11-9-20(10-12-22)24(25-19-30-26-7-4-3-6-23(25)26)18-31-28(34)21-13-15-33(16-14-21)29(35)27-8-5-17-36-27/h3-12,17,19,21,24,30H,13-16,18H2,1-2H3,(H,31,34). The largest absolute Gasteiger partial charge is 0.459 e. The van der Waals surface area contributed by atoms with Crippen molar-refractivity contribution in [2.24, 2.45) is 5.92 Å². The number of carbonyl (C=O) groups is 2. The number of para-hydroxylation sites is 1. The number of carbonyl (C=O) groups excluding carboxylic acids is 2. The molecule has 2 N–H and O–H groups in total. The predicted molar refractivity (Wildman–Crippen MR) is 141 cm³/mol. The smallest absolute Gasteiger partial charge is 0.289 e. The minimum absolute atomic E-state index is 0.0157. The van der Waals surface area contributed by atoms with Gasteiger partial charge >= 0.3 is 0 Å². The van der Waals surface area contributed by atoms with E-state index in [1.165, 1.54) is 11.8 Å². The first-order valence-corrected chi connectivity index (χ1v) is 12.4. The normalized spacial score (nSPS) is 15.1. The monoisotopic (exact) mass is 484 g/mol. The molecule has 0 spiro atoms. The molecule has 1 unspecified atom stereocenters. The van der Waals surface area contributed by atoms with E-state index in [-0.39, 0.29) is 23.7 Å². The van der Waals surface area contributed by atoms with Crippen molar-refractivity contribution in [3.8, 4) is 0 Å². The number of fused-ring (bicyclic) bond motifs is 1. The summed E-state index contributed by atoms with van der Waals surface area (Å²) in [6, 6.07) is 20.2. The summed E-state index contributed by atoms with van der Waals surface area (Å²) < 4.78 is 5.24. The molecule has 1 fully saturated rings. The maximum absolute atomic E-state index is 13.2. The molecular formula is C29H32N4O3. The molecule has 1 atom stereocenters. The molecule has 2 aromatic carbocycles. The molecule has 0 bridgehead atoms. The van der Waals surface area contributed by atoms with Crippen LogP contribution in [0.5, 0.6) is 0 Å². The van der Waals surface area contributed by atoms with Crippen LogP contribution in [0.3, 0.4) is 0 Å². The van der Waals surface area contributed by atoms with Crippen LogP contribution in [0.2, 0.25) is 0 Å². The van der Waals surface area contributed by atoms with Crippen molar-refractivity contribution in [2.75, 3.05) is 38.6 Å². The van der Waals surface area contributed by atoms with Gasteiger partial charge < -0.3 is 24.5 Å². The summed E-state index contributed by atoms with van der Waals surface area (Å²) in [6.45, 7) is 1.61.